The molecule has 1 rings (SSSR count). The lowest BCUT2D eigenvalue weighted by molar-refractivity contribution is -0.167. The Balaban J connectivity index is 2.79. The average Bonchev–Trinajstić information content (AvgIpc) is 2.01. The van der Waals surface area contributed by atoms with E-state index in [1.54, 1.807) is 6.92 Å². The maximum absolute atomic E-state index is 12.9. The molecule has 0 bridgehead atoms. The van der Waals surface area contributed by atoms with Crippen molar-refractivity contribution >= 4 is 0 Å². The van der Waals surface area contributed by atoms with Crippen LogP contribution in [0.25, 0.3) is 0 Å². The second-order valence-electron chi connectivity index (χ2n) is 2.99. The predicted molar refractivity (Wildman–Crippen MR) is 41.7 cm³/mol. The Bertz CT molecular complexity index is 247. The van der Waals surface area contributed by atoms with Crippen LogP contribution in [0.15, 0.2) is 23.6 Å². The summed E-state index contributed by atoms with van der Waals surface area (Å²) in [5.74, 6) is -2.99. The lowest BCUT2D eigenvalue weighted by Crippen LogP contribution is -2.24. The van der Waals surface area contributed by atoms with Crippen molar-refractivity contribution in [1.29, 1.82) is 0 Å². The highest BCUT2D eigenvalue weighted by molar-refractivity contribution is 5.27. The van der Waals surface area contributed by atoms with Gasteiger partial charge < -0.3 is 0 Å². The van der Waals surface area contributed by atoms with Gasteiger partial charge in [0.25, 0.3) is 0 Å². The summed E-state index contributed by atoms with van der Waals surface area (Å²) in [6.07, 6.45) is -1.73. The Kier molecular flexibility index (Phi) is 2.78. The van der Waals surface area contributed by atoms with Crippen LogP contribution >= 0.6 is 0 Å². The topological polar surface area (TPSA) is 0 Å². The van der Waals surface area contributed by atoms with E-state index in [2.05, 4.69) is 0 Å². The molecule has 0 saturated carbocycles. The Morgan fingerprint density at radius 3 is 2.46 bits per heavy atom. The van der Waals surface area contributed by atoms with E-state index >= 15 is 0 Å². The first-order valence-electron chi connectivity index (χ1n) is 4.08. The standard InChI is InChI=1S/C9H10F4/c1-2-6-3-4-7(8(10)5-6)9(11,12)13/h3,5,7H,2,4H2,1H3. The third-order valence-electron chi connectivity index (χ3n) is 2.08. The SMILES string of the molecule is CCC1=CCC(C(F)(F)F)C(F)=C1. The molecule has 4 heteroatoms. The minimum Gasteiger partial charge on any atom is -0.211 e. The van der Waals surface area contributed by atoms with Gasteiger partial charge in [-0.3, -0.25) is 0 Å². The fourth-order valence-corrected chi connectivity index (χ4v) is 1.25. The molecule has 0 aromatic heterocycles. The van der Waals surface area contributed by atoms with Gasteiger partial charge in [-0.15, -0.1) is 0 Å². The molecule has 0 aliphatic heterocycles. The zero-order valence-corrected chi connectivity index (χ0v) is 7.16. The zero-order chi connectivity index (χ0) is 10.1. The van der Waals surface area contributed by atoms with E-state index in [0.29, 0.717) is 12.0 Å². The monoisotopic (exact) mass is 194 g/mol. The molecule has 1 unspecified atom stereocenters. The molecule has 0 radical (unpaired) electrons. The molecule has 0 amide bonds. The molecule has 0 saturated heterocycles. The van der Waals surface area contributed by atoms with Gasteiger partial charge in [0, 0.05) is 0 Å². The average molecular weight is 194 g/mol. The molecule has 0 aromatic rings. The lowest BCUT2D eigenvalue weighted by atomic mass is 9.94. The first kappa shape index (κ1) is 10.3. The summed E-state index contributed by atoms with van der Waals surface area (Å²) >= 11 is 0. The van der Waals surface area contributed by atoms with Gasteiger partial charge in [0.05, 0.1) is 0 Å². The van der Waals surface area contributed by atoms with Crippen molar-refractivity contribution < 1.29 is 17.6 Å². The number of rotatable bonds is 1. The number of halogens is 4. The third kappa shape index (κ3) is 2.32. The quantitative estimate of drug-likeness (QED) is 0.557. The van der Waals surface area contributed by atoms with Crippen molar-refractivity contribution in [3.8, 4) is 0 Å². The van der Waals surface area contributed by atoms with Crippen molar-refractivity contribution in [2.24, 2.45) is 5.92 Å². The maximum atomic E-state index is 12.9. The summed E-state index contributed by atoms with van der Waals surface area (Å²) in [6, 6.07) is 0. The second-order valence-corrected chi connectivity index (χ2v) is 2.99. The fourth-order valence-electron chi connectivity index (χ4n) is 1.25. The molecule has 1 aliphatic carbocycles. The van der Waals surface area contributed by atoms with E-state index in [1.165, 1.54) is 6.08 Å². The second kappa shape index (κ2) is 3.52. The Hall–Kier alpha value is -0.800. The third-order valence-corrected chi connectivity index (χ3v) is 2.08. The number of alkyl halides is 3. The summed E-state index contributed by atoms with van der Waals surface area (Å²) in [4.78, 5) is 0. The zero-order valence-electron chi connectivity index (χ0n) is 7.16. The van der Waals surface area contributed by atoms with Crippen LogP contribution in [0.1, 0.15) is 19.8 Å². The van der Waals surface area contributed by atoms with Crippen LogP contribution in [0, 0.1) is 5.92 Å². The molecule has 0 spiro atoms. The van der Waals surface area contributed by atoms with Crippen LogP contribution in [-0.2, 0) is 0 Å². The van der Waals surface area contributed by atoms with Gasteiger partial charge in [0.2, 0.25) is 0 Å². The van der Waals surface area contributed by atoms with E-state index in [-0.39, 0.29) is 6.42 Å². The van der Waals surface area contributed by atoms with Gasteiger partial charge in [-0.05, 0) is 24.5 Å². The fraction of sp³-hybridized carbons (Fsp3) is 0.556. The number of allylic oxidation sites excluding steroid dienone is 4. The molecule has 0 aromatic carbocycles. The van der Waals surface area contributed by atoms with Gasteiger partial charge in [0.15, 0.2) is 0 Å². The first-order chi connectivity index (χ1) is 5.95. The molecule has 1 aliphatic rings. The van der Waals surface area contributed by atoms with E-state index in [0.717, 1.165) is 6.08 Å². The van der Waals surface area contributed by atoms with Crippen LogP contribution < -0.4 is 0 Å². The molecule has 74 valence electrons. The summed E-state index contributed by atoms with van der Waals surface area (Å²) in [7, 11) is 0. The van der Waals surface area contributed by atoms with Crippen molar-refractivity contribution in [2.75, 3.05) is 0 Å². The lowest BCUT2D eigenvalue weighted by Gasteiger charge is -2.20. The molecule has 0 nitrogen and oxygen atoms in total. The Morgan fingerprint density at radius 1 is 1.46 bits per heavy atom. The van der Waals surface area contributed by atoms with Gasteiger partial charge >= 0.3 is 6.18 Å². The molecule has 13 heavy (non-hydrogen) atoms. The van der Waals surface area contributed by atoms with E-state index in [9.17, 15) is 17.6 Å². The summed E-state index contributed by atoms with van der Waals surface area (Å²) in [5.41, 5.74) is 0.637. The van der Waals surface area contributed by atoms with Crippen molar-refractivity contribution in [1.82, 2.24) is 0 Å². The number of hydrogen-bond acceptors (Lipinski definition) is 0. The summed E-state index contributed by atoms with van der Waals surface area (Å²) in [5, 5.41) is 0. The predicted octanol–water partition coefficient (Wildman–Crippen LogP) is 3.76. The Morgan fingerprint density at radius 2 is 2.08 bits per heavy atom. The molecular weight excluding hydrogens is 184 g/mol. The summed E-state index contributed by atoms with van der Waals surface area (Å²) in [6.45, 7) is 1.78. The van der Waals surface area contributed by atoms with Gasteiger partial charge in [0.1, 0.15) is 11.7 Å². The van der Waals surface area contributed by atoms with Crippen LogP contribution in [-0.4, -0.2) is 6.18 Å². The molecule has 0 N–H and O–H groups in total. The first-order valence-corrected chi connectivity index (χ1v) is 4.08. The highest BCUT2D eigenvalue weighted by Crippen LogP contribution is 2.38. The van der Waals surface area contributed by atoms with Crippen LogP contribution in [0.4, 0.5) is 17.6 Å². The molecular formula is C9H10F4. The van der Waals surface area contributed by atoms with Crippen LogP contribution in [0.2, 0.25) is 0 Å². The number of hydrogen-bond donors (Lipinski definition) is 0. The van der Waals surface area contributed by atoms with E-state index in [4.69, 9.17) is 0 Å². The van der Waals surface area contributed by atoms with E-state index < -0.39 is 17.9 Å². The smallest absolute Gasteiger partial charge is 0.211 e. The van der Waals surface area contributed by atoms with Crippen LogP contribution in [0.5, 0.6) is 0 Å². The van der Waals surface area contributed by atoms with Gasteiger partial charge in [-0.25, -0.2) is 4.39 Å². The van der Waals surface area contributed by atoms with Crippen molar-refractivity contribution in [3.05, 3.63) is 23.6 Å². The summed E-state index contributed by atoms with van der Waals surface area (Å²) < 4.78 is 49.2. The largest absolute Gasteiger partial charge is 0.398 e. The minimum atomic E-state index is -4.46. The maximum Gasteiger partial charge on any atom is 0.398 e. The molecule has 0 fully saturated rings. The Labute approximate surface area is 73.9 Å². The highest BCUT2D eigenvalue weighted by Gasteiger charge is 2.42. The molecule has 0 heterocycles. The normalized spacial score (nSPS) is 23.9. The van der Waals surface area contributed by atoms with Crippen molar-refractivity contribution in [2.45, 2.75) is 25.9 Å². The minimum absolute atomic E-state index is 0.269. The van der Waals surface area contributed by atoms with Gasteiger partial charge in [-0.2, -0.15) is 13.2 Å². The van der Waals surface area contributed by atoms with Crippen molar-refractivity contribution in [3.63, 3.8) is 0 Å². The molecule has 1 atom stereocenters. The highest BCUT2D eigenvalue weighted by atomic mass is 19.4. The van der Waals surface area contributed by atoms with Crippen LogP contribution in [0.3, 0.4) is 0 Å². The van der Waals surface area contributed by atoms with E-state index in [1.807, 2.05) is 0 Å². The van der Waals surface area contributed by atoms with Gasteiger partial charge in [-0.1, -0.05) is 13.0 Å².